The van der Waals surface area contributed by atoms with Gasteiger partial charge in [0.2, 0.25) is 0 Å². The standard InChI is InChI=1S/C13H18N4/c1-17-7-11(9-2-4-10(14)5-3-9)13-12(17)6-15-8-16-13/h6-10H,2-5,14H2,1H3. The SMILES string of the molecule is Cn1cc(C2CCC(N)CC2)c2ncncc21. The van der Waals surface area contributed by atoms with Crippen LogP contribution in [0.25, 0.3) is 11.0 Å². The quantitative estimate of drug-likeness (QED) is 0.814. The minimum Gasteiger partial charge on any atom is -0.348 e. The zero-order valence-electron chi connectivity index (χ0n) is 10.1. The fourth-order valence-electron chi connectivity index (χ4n) is 2.87. The molecule has 1 aliphatic rings. The molecule has 2 aromatic rings. The Morgan fingerprint density at radius 3 is 2.82 bits per heavy atom. The van der Waals surface area contributed by atoms with Crippen LogP contribution in [0.4, 0.5) is 0 Å². The second-order valence-corrected chi connectivity index (χ2v) is 5.06. The molecule has 4 heteroatoms. The minimum atomic E-state index is 0.399. The first kappa shape index (κ1) is 10.7. The van der Waals surface area contributed by atoms with Crippen molar-refractivity contribution in [1.29, 1.82) is 0 Å². The molecule has 0 aliphatic heterocycles. The van der Waals surface area contributed by atoms with E-state index in [4.69, 9.17) is 5.73 Å². The zero-order valence-corrected chi connectivity index (χ0v) is 10.1. The first-order valence-corrected chi connectivity index (χ1v) is 6.26. The maximum Gasteiger partial charge on any atom is 0.116 e. The highest BCUT2D eigenvalue weighted by atomic mass is 15.0. The lowest BCUT2D eigenvalue weighted by molar-refractivity contribution is 0.396. The van der Waals surface area contributed by atoms with Crippen LogP contribution in [0, 0.1) is 0 Å². The van der Waals surface area contributed by atoms with Crippen LogP contribution in [0.1, 0.15) is 37.2 Å². The van der Waals surface area contributed by atoms with E-state index in [9.17, 15) is 0 Å². The maximum absolute atomic E-state index is 5.96. The molecule has 2 N–H and O–H groups in total. The van der Waals surface area contributed by atoms with Crippen molar-refractivity contribution in [3.8, 4) is 0 Å². The van der Waals surface area contributed by atoms with Gasteiger partial charge in [-0.1, -0.05) is 0 Å². The topological polar surface area (TPSA) is 56.7 Å². The molecule has 3 rings (SSSR count). The number of aromatic nitrogens is 3. The molecule has 90 valence electrons. The van der Waals surface area contributed by atoms with E-state index in [2.05, 4.69) is 27.8 Å². The third-order valence-corrected chi connectivity index (χ3v) is 3.89. The fraction of sp³-hybridized carbons (Fsp3) is 0.538. The highest BCUT2D eigenvalue weighted by Crippen LogP contribution is 2.35. The second kappa shape index (κ2) is 4.11. The molecule has 1 aliphatic carbocycles. The summed E-state index contributed by atoms with van der Waals surface area (Å²) in [5, 5.41) is 0. The largest absolute Gasteiger partial charge is 0.348 e. The number of rotatable bonds is 1. The lowest BCUT2D eigenvalue weighted by Crippen LogP contribution is -2.25. The Balaban J connectivity index is 2.00. The maximum atomic E-state index is 5.96. The Kier molecular flexibility index (Phi) is 2.59. The average molecular weight is 230 g/mol. The molecule has 2 heterocycles. The lowest BCUT2D eigenvalue weighted by atomic mass is 9.82. The van der Waals surface area contributed by atoms with Crippen LogP contribution in [-0.2, 0) is 7.05 Å². The van der Waals surface area contributed by atoms with Gasteiger partial charge in [-0.2, -0.15) is 0 Å². The van der Waals surface area contributed by atoms with Crippen molar-refractivity contribution in [2.45, 2.75) is 37.6 Å². The summed E-state index contributed by atoms with van der Waals surface area (Å²) in [7, 11) is 2.06. The molecule has 1 saturated carbocycles. The smallest absolute Gasteiger partial charge is 0.116 e. The van der Waals surface area contributed by atoms with Gasteiger partial charge in [-0.25, -0.2) is 9.97 Å². The number of aryl methyl sites for hydroxylation is 1. The summed E-state index contributed by atoms with van der Waals surface area (Å²) in [4.78, 5) is 8.53. The van der Waals surface area contributed by atoms with Crippen LogP contribution < -0.4 is 5.73 Å². The molecule has 0 unspecified atom stereocenters. The molecular weight excluding hydrogens is 212 g/mol. The molecule has 0 aromatic carbocycles. The molecule has 0 bridgehead atoms. The Bertz CT molecular complexity index is 523. The average Bonchev–Trinajstić information content (AvgIpc) is 2.69. The van der Waals surface area contributed by atoms with Crippen molar-refractivity contribution in [1.82, 2.24) is 14.5 Å². The highest BCUT2D eigenvalue weighted by Gasteiger charge is 2.23. The van der Waals surface area contributed by atoms with Gasteiger partial charge in [0.05, 0.1) is 17.2 Å². The van der Waals surface area contributed by atoms with Gasteiger partial charge in [0.15, 0.2) is 0 Å². The molecule has 17 heavy (non-hydrogen) atoms. The van der Waals surface area contributed by atoms with Gasteiger partial charge in [-0.05, 0) is 37.2 Å². The monoisotopic (exact) mass is 230 g/mol. The number of nitrogens with two attached hydrogens (primary N) is 1. The van der Waals surface area contributed by atoms with Crippen molar-refractivity contribution in [2.75, 3.05) is 0 Å². The summed E-state index contributed by atoms with van der Waals surface area (Å²) < 4.78 is 2.12. The van der Waals surface area contributed by atoms with E-state index < -0.39 is 0 Å². The Labute approximate surface area is 101 Å². The summed E-state index contributed by atoms with van der Waals surface area (Å²) in [5.74, 6) is 0.619. The summed E-state index contributed by atoms with van der Waals surface area (Å²) >= 11 is 0. The van der Waals surface area contributed by atoms with Gasteiger partial charge in [0.1, 0.15) is 6.33 Å². The van der Waals surface area contributed by atoms with E-state index in [1.807, 2.05) is 6.20 Å². The molecule has 0 spiro atoms. The van der Waals surface area contributed by atoms with Gasteiger partial charge >= 0.3 is 0 Å². The van der Waals surface area contributed by atoms with E-state index >= 15 is 0 Å². The third-order valence-electron chi connectivity index (χ3n) is 3.89. The zero-order chi connectivity index (χ0) is 11.8. The summed E-state index contributed by atoms with van der Waals surface area (Å²) in [5.41, 5.74) is 9.57. The number of hydrogen-bond donors (Lipinski definition) is 1. The highest BCUT2D eigenvalue weighted by molar-refractivity contribution is 5.79. The first-order chi connectivity index (χ1) is 8.25. The molecule has 0 radical (unpaired) electrons. The molecule has 1 fully saturated rings. The van der Waals surface area contributed by atoms with Crippen molar-refractivity contribution in [3.63, 3.8) is 0 Å². The van der Waals surface area contributed by atoms with Gasteiger partial charge in [-0.3, -0.25) is 0 Å². The van der Waals surface area contributed by atoms with E-state index in [0.29, 0.717) is 12.0 Å². The van der Waals surface area contributed by atoms with Gasteiger partial charge in [0.25, 0.3) is 0 Å². The Morgan fingerprint density at radius 2 is 2.06 bits per heavy atom. The van der Waals surface area contributed by atoms with Crippen molar-refractivity contribution < 1.29 is 0 Å². The van der Waals surface area contributed by atoms with Crippen LogP contribution >= 0.6 is 0 Å². The normalized spacial score (nSPS) is 25.3. The van der Waals surface area contributed by atoms with E-state index in [0.717, 1.165) is 23.9 Å². The Morgan fingerprint density at radius 1 is 1.29 bits per heavy atom. The number of hydrogen-bond acceptors (Lipinski definition) is 3. The minimum absolute atomic E-state index is 0.399. The second-order valence-electron chi connectivity index (χ2n) is 5.06. The number of fused-ring (bicyclic) bond motifs is 1. The van der Waals surface area contributed by atoms with Crippen molar-refractivity contribution >= 4 is 11.0 Å². The predicted molar refractivity (Wildman–Crippen MR) is 67.7 cm³/mol. The van der Waals surface area contributed by atoms with Crippen LogP contribution in [0.15, 0.2) is 18.7 Å². The number of nitrogens with zero attached hydrogens (tertiary/aromatic N) is 3. The van der Waals surface area contributed by atoms with E-state index in [1.54, 1.807) is 6.33 Å². The van der Waals surface area contributed by atoms with Crippen LogP contribution in [0.3, 0.4) is 0 Å². The van der Waals surface area contributed by atoms with Gasteiger partial charge in [0, 0.05) is 19.3 Å². The molecule has 0 amide bonds. The van der Waals surface area contributed by atoms with Crippen LogP contribution in [0.2, 0.25) is 0 Å². The molecular formula is C13H18N4. The van der Waals surface area contributed by atoms with Crippen molar-refractivity contribution in [3.05, 3.63) is 24.3 Å². The Hall–Kier alpha value is -1.42. The van der Waals surface area contributed by atoms with E-state index in [1.165, 1.54) is 18.4 Å². The lowest BCUT2D eigenvalue weighted by Gasteiger charge is -2.25. The van der Waals surface area contributed by atoms with Crippen LogP contribution in [-0.4, -0.2) is 20.6 Å². The molecule has 2 aromatic heterocycles. The molecule has 0 saturated heterocycles. The first-order valence-electron chi connectivity index (χ1n) is 6.26. The van der Waals surface area contributed by atoms with Crippen LogP contribution in [0.5, 0.6) is 0 Å². The predicted octanol–water partition coefficient (Wildman–Crippen LogP) is 1.95. The van der Waals surface area contributed by atoms with E-state index in [-0.39, 0.29) is 0 Å². The summed E-state index contributed by atoms with van der Waals surface area (Å²) in [6.07, 6.45) is 10.4. The van der Waals surface area contributed by atoms with Gasteiger partial charge in [-0.15, -0.1) is 0 Å². The van der Waals surface area contributed by atoms with Gasteiger partial charge < -0.3 is 10.3 Å². The fourth-order valence-corrected chi connectivity index (χ4v) is 2.87. The summed E-state index contributed by atoms with van der Waals surface area (Å²) in [6, 6.07) is 0.399. The van der Waals surface area contributed by atoms with Crippen molar-refractivity contribution in [2.24, 2.45) is 12.8 Å². The third kappa shape index (κ3) is 1.82. The molecule has 0 atom stereocenters. The summed E-state index contributed by atoms with van der Waals surface area (Å²) in [6.45, 7) is 0. The molecule has 4 nitrogen and oxygen atoms in total.